The molecule has 0 unspecified atom stereocenters. The number of nitrogens with one attached hydrogen (secondary N) is 1. The maximum Gasteiger partial charge on any atom is 0.573 e. The van der Waals surface area contributed by atoms with Gasteiger partial charge in [-0.2, -0.15) is 0 Å². The van der Waals surface area contributed by atoms with Crippen molar-refractivity contribution in [3.05, 3.63) is 29.8 Å². The van der Waals surface area contributed by atoms with Crippen molar-refractivity contribution in [1.82, 2.24) is 5.32 Å². The first-order valence-corrected chi connectivity index (χ1v) is 6.62. The van der Waals surface area contributed by atoms with E-state index in [-0.39, 0.29) is 12.0 Å². The summed E-state index contributed by atoms with van der Waals surface area (Å²) in [6.45, 7) is 1.89. The number of ether oxygens (including phenoxy) is 1. The van der Waals surface area contributed by atoms with E-state index in [0.29, 0.717) is 6.42 Å². The topological polar surface area (TPSA) is 75.6 Å². The molecule has 0 aromatic heterocycles. The van der Waals surface area contributed by atoms with Crippen LogP contribution < -0.4 is 10.1 Å². The highest BCUT2D eigenvalue weighted by Crippen LogP contribution is 2.22. The van der Waals surface area contributed by atoms with Crippen LogP contribution in [0.4, 0.5) is 13.2 Å². The van der Waals surface area contributed by atoms with Crippen molar-refractivity contribution >= 4 is 11.9 Å². The Morgan fingerprint density at radius 3 is 2.32 bits per heavy atom. The second kappa shape index (κ2) is 7.67. The molecule has 0 aliphatic heterocycles. The van der Waals surface area contributed by atoms with Gasteiger partial charge in [-0.3, -0.25) is 4.79 Å². The summed E-state index contributed by atoms with van der Waals surface area (Å²) in [6.07, 6.45) is -3.11. The second-order valence-electron chi connectivity index (χ2n) is 4.58. The zero-order chi connectivity index (χ0) is 16.8. The molecule has 1 amide bonds. The van der Waals surface area contributed by atoms with Crippen LogP contribution in [0.25, 0.3) is 0 Å². The summed E-state index contributed by atoms with van der Waals surface area (Å²) in [5.41, 5.74) is 0.0530. The number of benzene rings is 1. The minimum Gasteiger partial charge on any atom is -0.480 e. The predicted molar refractivity (Wildman–Crippen MR) is 71.5 cm³/mol. The van der Waals surface area contributed by atoms with Crippen LogP contribution in [0.2, 0.25) is 0 Å². The van der Waals surface area contributed by atoms with Crippen LogP contribution in [0.3, 0.4) is 0 Å². The van der Waals surface area contributed by atoms with Gasteiger partial charge in [-0.05, 0) is 30.7 Å². The summed E-state index contributed by atoms with van der Waals surface area (Å²) in [5, 5.41) is 11.3. The summed E-state index contributed by atoms with van der Waals surface area (Å²) in [7, 11) is 0. The number of hydrogen-bond donors (Lipinski definition) is 2. The molecule has 1 atom stereocenters. The van der Waals surface area contributed by atoms with E-state index in [1.54, 1.807) is 0 Å². The van der Waals surface area contributed by atoms with Crippen molar-refractivity contribution in [3.63, 3.8) is 0 Å². The Morgan fingerprint density at radius 2 is 1.86 bits per heavy atom. The van der Waals surface area contributed by atoms with E-state index in [2.05, 4.69) is 10.1 Å². The van der Waals surface area contributed by atoms with Crippen LogP contribution in [0.15, 0.2) is 24.3 Å². The fourth-order valence-electron chi connectivity index (χ4n) is 1.72. The van der Waals surface area contributed by atoms with Crippen molar-refractivity contribution in [2.45, 2.75) is 38.6 Å². The molecule has 1 aromatic carbocycles. The number of carboxylic acid groups (broad SMARTS) is 1. The Labute approximate surface area is 125 Å². The largest absolute Gasteiger partial charge is 0.573 e. The highest BCUT2D eigenvalue weighted by molar-refractivity contribution is 5.96. The lowest BCUT2D eigenvalue weighted by Crippen LogP contribution is -2.40. The van der Waals surface area contributed by atoms with Crippen molar-refractivity contribution in [3.8, 4) is 5.75 Å². The molecule has 0 aliphatic rings. The van der Waals surface area contributed by atoms with Crippen molar-refractivity contribution in [1.29, 1.82) is 0 Å². The normalized spacial score (nSPS) is 12.5. The summed E-state index contributed by atoms with van der Waals surface area (Å²) >= 11 is 0. The van der Waals surface area contributed by atoms with Crippen LogP contribution in [-0.4, -0.2) is 29.4 Å². The number of amides is 1. The van der Waals surface area contributed by atoms with Crippen molar-refractivity contribution in [2.24, 2.45) is 0 Å². The predicted octanol–water partition coefficient (Wildman–Crippen LogP) is 2.96. The lowest BCUT2D eigenvalue weighted by atomic mass is 10.1. The van der Waals surface area contributed by atoms with Gasteiger partial charge in [0.25, 0.3) is 5.91 Å². The Balaban J connectivity index is 2.70. The molecule has 0 saturated carbocycles. The molecule has 0 bridgehead atoms. The van der Waals surface area contributed by atoms with Crippen molar-refractivity contribution < 1.29 is 32.6 Å². The van der Waals surface area contributed by atoms with Gasteiger partial charge in [0.1, 0.15) is 11.8 Å². The molecule has 1 rings (SSSR count). The monoisotopic (exact) mass is 319 g/mol. The van der Waals surface area contributed by atoms with Crippen LogP contribution in [-0.2, 0) is 4.79 Å². The zero-order valence-electron chi connectivity index (χ0n) is 11.8. The van der Waals surface area contributed by atoms with Gasteiger partial charge in [-0.25, -0.2) is 4.79 Å². The first kappa shape index (κ1) is 17.8. The molecule has 0 aliphatic carbocycles. The van der Waals surface area contributed by atoms with E-state index >= 15 is 0 Å². The van der Waals surface area contributed by atoms with E-state index in [9.17, 15) is 22.8 Å². The number of rotatable bonds is 7. The standard InChI is InChI=1S/C14H16F3NO4/c1-2-3-4-11(13(20)21)18-12(19)9-5-7-10(8-6-9)22-14(15,16)17/h5-8,11H,2-4H2,1H3,(H,18,19)(H,20,21)/t11-/m0/s1. The molecule has 1 aromatic rings. The quantitative estimate of drug-likeness (QED) is 0.810. The Morgan fingerprint density at radius 1 is 1.27 bits per heavy atom. The van der Waals surface area contributed by atoms with E-state index in [1.165, 1.54) is 0 Å². The van der Waals surface area contributed by atoms with E-state index < -0.39 is 30.0 Å². The average Bonchev–Trinajstić information content (AvgIpc) is 2.42. The lowest BCUT2D eigenvalue weighted by Gasteiger charge is -2.14. The maximum atomic E-state index is 12.0. The summed E-state index contributed by atoms with van der Waals surface area (Å²) < 4.78 is 39.7. The third-order valence-corrected chi connectivity index (χ3v) is 2.80. The van der Waals surface area contributed by atoms with E-state index in [0.717, 1.165) is 30.7 Å². The minimum atomic E-state index is -4.81. The Kier molecular flexibility index (Phi) is 6.21. The number of carbonyl (C=O) groups excluding carboxylic acids is 1. The highest BCUT2D eigenvalue weighted by atomic mass is 19.4. The van der Waals surface area contributed by atoms with Crippen LogP contribution in [0.1, 0.15) is 36.5 Å². The number of carbonyl (C=O) groups is 2. The number of hydrogen-bond acceptors (Lipinski definition) is 3. The fraction of sp³-hybridized carbons (Fsp3) is 0.429. The van der Waals surface area contributed by atoms with Crippen LogP contribution >= 0.6 is 0 Å². The van der Waals surface area contributed by atoms with Crippen molar-refractivity contribution in [2.75, 3.05) is 0 Å². The lowest BCUT2D eigenvalue weighted by molar-refractivity contribution is -0.274. The summed E-state index contributed by atoms with van der Waals surface area (Å²) in [4.78, 5) is 22.9. The zero-order valence-corrected chi connectivity index (χ0v) is 11.8. The molecule has 0 saturated heterocycles. The first-order chi connectivity index (χ1) is 10.2. The fourth-order valence-corrected chi connectivity index (χ4v) is 1.72. The van der Waals surface area contributed by atoms with Gasteiger partial charge in [0.2, 0.25) is 0 Å². The number of alkyl halides is 3. The Bertz CT molecular complexity index is 514. The number of halogens is 3. The molecule has 2 N–H and O–H groups in total. The number of aliphatic carboxylic acids is 1. The molecule has 0 radical (unpaired) electrons. The smallest absolute Gasteiger partial charge is 0.480 e. The number of carboxylic acids is 1. The summed E-state index contributed by atoms with van der Waals surface area (Å²) in [5.74, 6) is -2.27. The molecule has 5 nitrogen and oxygen atoms in total. The molecule has 8 heteroatoms. The van der Waals surface area contributed by atoms with Crippen LogP contribution in [0.5, 0.6) is 5.75 Å². The van der Waals surface area contributed by atoms with Gasteiger partial charge < -0.3 is 15.2 Å². The third kappa shape index (κ3) is 6.02. The van der Waals surface area contributed by atoms with E-state index in [4.69, 9.17) is 5.11 Å². The highest BCUT2D eigenvalue weighted by Gasteiger charge is 2.31. The van der Waals surface area contributed by atoms with Gasteiger partial charge >= 0.3 is 12.3 Å². The molecular weight excluding hydrogens is 303 g/mol. The molecule has 122 valence electrons. The summed E-state index contributed by atoms with van der Waals surface area (Å²) in [6, 6.07) is 3.22. The van der Waals surface area contributed by atoms with Crippen LogP contribution in [0, 0.1) is 0 Å². The van der Waals surface area contributed by atoms with Gasteiger partial charge in [0.15, 0.2) is 0 Å². The SMILES string of the molecule is CCCC[C@H](NC(=O)c1ccc(OC(F)(F)F)cc1)C(=O)O. The average molecular weight is 319 g/mol. The molecule has 22 heavy (non-hydrogen) atoms. The molecular formula is C14H16F3NO4. The minimum absolute atomic E-state index is 0.0530. The second-order valence-corrected chi connectivity index (χ2v) is 4.58. The Hall–Kier alpha value is -2.25. The first-order valence-electron chi connectivity index (χ1n) is 6.62. The molecule has 0 fully saturated rings. The van der Waals surface area contributed by atoms with Gasteiger partial charge in [-0.15, -0.1) is 13.2 Å². The number of unbranched alkanes of at least 4 members (excludes halogenated alkanes) is 1. The maximum absolute atomic E-state index is 12.0. The molecule has 0 heterocycles. The third-order valence-electron chi connectivity index (χ3n) is 2.80. The van der Waals surface area contributed by atoms with Gasteiger partial charge in [-0.1, -0.05) is 19.8 Å². The van der Waals surface area contributed by atoms with Gasteiger partial charge in [0.05, 0.1) is 0 Å². The van der Waals surface area contributed by atoms with Gasteiger partial charge in [0, 0.05) is 5.56 Å². The molecule has 0 spiro atoms. The van der Waals surface area contributed by atoms with E-state index in [1.807, 2.05) is 6.92 Å².